The molecule has 0 radical (unpaired) electrons. The summed E-state index contributed by atoms with van der Waals surface area (Å²) in [6, 6.07) is 0.277. The third kappa shape index (κ3) is 2.87. The molecule has 98 valence electrons. The van der Waals surface area contributed by atoms with Crippen LogP contribution in [-0.2, 0) is 12.8 Å². The minimum absolute atomic E-state index is 0.277. The molecule has 0 saturated heterocycles. The second-order valence-electron chi connectivity index (χ2n) is 4.42. The maximum Gasteiger partial charge on any atom is 0.202 e. The van der Waals surface area contributed by atoms with E-state index in [0.29, 0.717) is 0 Å². The van der Waals surface area contributed by atoms with Crippen LogP contribution in [0.2, 0.25) is 0 Å². The fourth-order valence-corrected chi connectivity index (χ4v) is 2.58. The summed E-state index contributed by atoms with van der Waals surface area (Å²) in [5.41, 5.74) is 2.14. The SMILES string of the molecule is CCc1nsc(NC(C)Cc2c(C)noc2C)n1. The van der Waals surface area contributed by atoms with Crippen molar-refractivity contribution in [1.29, 1.82) is 0 Å². The average molecular weight is 266 g/mol. The summed E-state index contributed by atoms with van der Waals surface area (Å²) in [5.74, 6) is 1.79. The molecule has 0 amide bonds. The highest BCUT2D eigenvalue weighted by Crippen LogP contribution is 2.18. The lowest BCUT2D eigenvalue weighted by molar-refractivity contribution is 0.392. The molecule has 0 bridgehead atoms. The van der Waals surface area contributed by atoms with E-state index < -0.39 is 0 Å². The van der Waals surface area contributed by atoms with Gasteiger partial charge in [-0.2, -0.15) is 4.37 Å². The lowest BCUT2D eigenvalue weighted by atomic mass is 10.1. The third-order valence-corrected chi connectivity index (χ3v) is 3.53. The summed E-state index contributed by atoms with van der Waals surface area (Å²) in [7, 11) is 0. The average Bonchev–Trinajstić information content (AvgIpc) is 2.91. The van der Waals surface area contributed by atoms with E-state index >= 15 is 0 Å². The molecule has 1 N–H and O–H groups in total. The Morgan fingerprint density at radius 1 is 1.39 bits per heavy atom. The van der Waals surface area contributed by atoms with Gasteiger partial charge in [-0.15, -0.1) is 0 Å². The van der Waals surface area contributed by atoms with Crippen molar-refractivity contribution in [3.05, 3.63) is 22.8 Å². The number of aromatic nitrogens is 3. The molecule has 0 aliphatic heterocycles. The first-order valence-corrected chi connectivity index (χ1v) is 6.88. The summed E-state index contributed by atoms with van der Waals surface area (Å²) in [6.45, 7) is 8.10. The smallest absolute Gasteiger partial charge is 0.202 e. The highest BCUT2D eigenvalue weighted by molar-refractivity contribution is 7.09. The summed E-state index contributed by atoms with van der Waals surface area (Å²) < 4.78 is 9.42. The first-order chi connectivity index (χ1) is 8.60. The minimum Gasteiger partial charge on any atom is -0.361 e. The number of rotatable bonds is 5. The van der Waals surface area contributed by atoms with Crippen LogP contribution >= 0.6 is 11.5 Å². The Labute approximate surface area is 111 Å². The van der Waals surface area contributed by atoms with Crippen molar-refractivity contribution >= 4 is 16.7 Å². The van der Waals surface area contributed by atoms with E-state index in [0.717, 1.165) is 35.3 Å². The van der Waals surface area contributed by atoms with E-state index in [9.17, 15) is 0 Å². The van der Waals surface area contributed by atoms with Gasteiger partial charge in [-0.25, -0.2) is 4.98 Å². The number of nitrogens with zero attached hydrogens (tertiary/aromatic N) is 3. The summed E-state index contributed by atoms with van der Waals surface area (Å²) in [6.07, 6.45) is 1.75. The summed E-state index contributed by atoms with van der Waals surface area (Å²) in [4.78, 5) is 4.40. The van der Waals surface area contributed by atoms with Crippen molar-refractivity contribution in [2.45, 2.75) is 46.6 Å². The van der Waals surface area contributed by atoms with Gasteiger partial charge in [-0.3, -0.25) is 0 Å². The predicted octanol–water partition coefficient (Wildman–Crippen LogP) is 2.75. The van der Waals surface area contributed by atoms with Crippen molar-refractivity contribution in [3.8, 4) is 0 Å². The molecule has 5 nitrogen and oxygen atoms in total. The van der Waals surface area contributed by atoms with Gasteiger partial charge >= 0.3 is 0 Å². The fraction of sp³-hybridized carbons (Fsp3) is 0.583. The van der Waals surface area contributed by atoms with Crippen molar-refractivity contribution in [3.63, 3.8) is 0 Å². The minimum atomic E-state index is 0.277. The van der Waals surface area contributed by atoms with Crippen LogP contribution in [0.5, 0.6) is 0 Å². The van der Waals surface area contributed by atoms with Gasteiger partial charge in [0.2, 0.25) is 5.13 Å². The molecule has 1 atom stereocenters. The highest BCUT2D eigenvalue weighted by Gasteiger charge is 2.14. The third-order valence-electron chi connectivity index (χ3n) is 2.85. The quantitative estimate of drug-likeness (QED) is 0.901. The van der Waals surface area contributed by atoms with E-state index in [1.165, 1.54) is 17.1 Å². The van der Waals surface area contributed by atoms with Gasteiger partial charge in [-0.1, -0.05) is 12.1 Å². The Balaban J connectivity index is 1.98. The fourth-order valence-electron chi connectivity index (χ4n) is 1.82. The van der Waals surface area contributed by atoms with E-state index in [4.69, 9.17) is 4.52 Å². The molecule has 0 aliphatic rings. The van der Waals surface area contributed by atoms with Crippen LogP contribution in [0.25, 0.3) is 0 Å². The maximum absolute atomic E-state index is 5.16. The molecule has 18 heavy (non-hydrogen) atoms. The molecule has 1 unspecified atom stereocenters. The van der Waals surface area contributed by atoms with Crippen molar-refractivity contribution in [2.75, 3.05) is 5.32 Å². The second-order valence-corrected chi connectivity index (χ2v) is 5.17. The Morgan fingerprint density at radius 3 is 2.72 bits per heavy atom. The van der Waals surface area contributed by atoms with E-state index in [-0.39, 0.29) is 6.04 Å². The van der Waals surface area contributed by atoms with Crippen LogP contribution in [0.4, 0.5) is 5.13 Å². The monoisotopic (exact) mass is 266 g/mol. The zero-order chi connectivity index (χ0) is 13.1. The molecule has 0 aliphatic carbocycles. The predicted molar refractivity (Wildman–Crippen MR) is 72.1 cm³/mol. The van der Waals surface area contributed by atoms with Gasteiger partial charge < -0.3 is 9.84 Å². The molecule has 0 saturated carbocycles. The first kappa shape index (κ1) is 13.0. The van der Waals surface area contributed by atoms with Crippen molar-refractivity contribution in [2.24, 2.45) is 0 Å². The van der Waals surface area contributed by atoms with Gasteiger partial charge in [0, 0.05) is 29.6 Å². The first-order valence-electron chi connectivity index (χ1n) is 6.11. The molecular weight excluding hydrogens is 248 g/mol. The lowest BCUT2D eigenvalue weighted by Gasteiger charge is -2.11. The largest absolute Gasteiger partial charge is 0.361 e. The Kier molecular flexibility index (Phi) is 3.96. The molecule has 2 heterocycles. The second kappa shape index (κ2) is 5.48. The van der Waals surface area contributed by atoms with Crippen molar-refractivity contribution < 1.29 is 4.52 Å². The van der Waals surface area contributed by atoms with Crippen LogP contribution in [0.15, 0.2) is 4.52 Å². The zero-order valence-electron chi connectivity index (χ0n) is 11.1. The van der Waals surface area contributed by atoms with E-state index in [1.54, 1.807) is 0 Å². The molecular formula is C12H18N4OS. The van der Waals surface area contributed by atoms with Crippen LogP contribution in [0.3, 0.4) is 0 Å². The van der Waals surface area contributed by atoms with E-state index in [1.807, 2.05) is 13.8 Å². The lowest BCUT2D eigenvalue weighted by Crippen LogP contribution is -2.18. The Hall–Kier alpha value is -1.43. The highest BCUT2D eigenvalue weighted by atomic mass is 32.1. The zero-order valence-corrected chi connectivity index (χ0v) is 12.0. The molecule has 2 aromatic rings. The molecule has 2 aromatic heterocycles. The molecule has 0 spiro atoms. The van der Waals surface area contributed by atoms with Gasteiger partial charge in [0.05, 0.1) is 5.69 Å². The molecule has 0 aromatic carbocycles. The van der Waals surface area contributed by atoms with Gasteiger partial charge in [0.15, 0.2) is 0 Å². The maximum atomic E-state index is 5.16. The number of anilines is 1. The van der Waals surface area contributed by atoms with Crippen LogP contribution in [-0.4, -0.2) is 20.6 Å². The number of aryl methyl sites for hydroxylation is 3. The Morgan fingerprint density at radius 2 is 2.17 bits per heavy atom. The molecule has 0 fully saturated rings. The number of hydrogen-bond donors (Lipinski definition) is 1. The standard InChI is InChI=1S/C12H18N4OS/c1-5-11-14-12(18-16-11)13-7(2)6-10-8(3)15-17-9(10)4/h7H,5-6H2,1-4H3,(H,13,14,16). The van der Waals surface area contributed by atoms with Crippen LogP contribution in [0.1, 0.15) is 36.7 Å². The molecule has 6 heteroatoms. The van der Waals surface area contributed by atoms with Gasteiger partial charge in [0.1, 0.15) is 11.6 Å². The summed E-state index contributed by atoms with van der Waals surface area (Å²) >= 11 is 1.41. The Bertz CT molecular complexity index is 500. The van der Waals surface area contributed by atoms with Gasteiger partial charge in [-0.05, 0) is 27.2 Å². The van der Waals surface area contributed by atoms with Crippen LogP contribution in [0, 0.1) is 13.8 Å². The molecule has 2 rings (SSSR count). The van der Waals surface area contributed by atoms with Gasteiger partial charge in [0.25, 0.3) is 0 Å². The van der Waals surface area contributed by atoms with Crippen LogP contribution < -0.4 is 5.32 Å². The van der Waals surface area contributed by atoms with Crippen molar-refractivity contribution in [1.82, 2.24) is 14.5 Å². The summed E-state index contributed by atoms with van der Waals surface area (Å²) in [5, 5.41) is 8.21. The number of nitrogens with one attached hydrogen (secondary N) is 1. The normalized spacial score (nSPS) is 12.7. The van der Waals surface area contributed by atoms with E-state index in [2.05, 4.69) is 33.7 Å². The number of hydrogen-bond acceptors (Lipinski definition) is 6. The topological polar surface area (TPSA) is 63.8 Å².